The van der Waals surface area contributed by atoms with Crippen molar-refractivity contribution in [2.24, 2.45) is 57.5 Å². The van der Waals surface area contributed by atoms with Crippen molar-refractivity contribution in [1.29, 1.82) is 0 Å². The second-order valence-electron chi connectivity index (χ2n) is 16.1. The van der Waals surface area contributed by atoms with Gasteiger partial charge in [-0.2, -0.15) is 0 Å². The van der Waals surface area contributed by atoms with Crippen molar-refractivity contribution < 1.29 is 28.9 Å². The minimum atomic E-state index is -0.371. The fourth-order valence-corrected chi connectivity index (χ4v) is 11.3. The van der Waals surface area contributed by atoms with Gasteiger partial charge in [-0.1, -0.05) is 65.3 Å². The van der Waals surface area contributed by atoms with Gasteiger partial charge in [-0.3, -0.25) is 4.79 Å². The number of esters is 1. The molecule has 0 amide bonds. The van der Waals surface area contributed by atoms with E-state index in [1.54, 1.807) is 35.9 Å². The fourth-order valence-electron chi connectivity index (χ4n) is 11.3. The second-order valence-corrected chi connectivity index (χ2v) is 16.1. The number of carbonyl (C=O) groups is 2. The van der Waals surface area contributed by atoms with Crippen LogP contribution in [0.15, 0.2) is 48.6 Å². The topological polar surface area (TPSA) is 108 Å². The van der Waals surface area contributed by atoms with E-state index in [2.05, 4.69) is 40.3 Å². The summed E-state index contributed by atoms with van der Waals surface area (Å²) >= 11 is 0. The molecule has 1 aromatic rings. The van der Waals surface area contributed by atoms with Crippen molar-refractivity contribution in [3.05, 3.63) is 54.1 Å². The Hall–Kier alpha value is -2.90. The molecular weight excluding hydrogens is 626 g/mol. The summed E-state index contributed by atoms with van der Waals surface area (Å²) in [6, 6.07) is 5.06. The number of fused-ring (bicyclic) bond motifs is 7. The van der Waals surface area contributed by atoms with Gasteiger partial charge in [0.05, 0.1) is 19.8 Å². The van der Waals surface area contributed by atoms with Crippen LogP contribution in [0.3, 0.4) is 0 Å². The molecule has 278 valence electrons. The van der Waals surface area contributed by atoms with Crippen molar-refractivity contribution >= 4 is 18.5 Å². The first kappa shape index (κ1) is 39.9. The van der Waals surface area contributed by atoms with E-state index in [9.17, 15) is 14.7 Å². The molecule has 5 aliphatic carbocycles. The molecule has 4 saturated carbocycles. The molecule has 6 rings (SSSR count). The van der Waals surface area contributed by atoms with Gasteiger partial charge in [-0.25, -0.2) is 4.79 Å². The van der Waals surface area contributed by atoms with Crippen LogP contribution >= 0.6 is 0 Å². The molecule has 0 bridgehead atoms. The molecular formula is C43H65NO6. The lowest BCUT2D eigenvalue weighted by Crippen LogP contribution is -2.63. The highest BCUT2D eigenvalue weighted by atomic mass is 16.5. The Morgan fingerprint density at radius 1 is 1.04 bits per heavy atom. The first-order chi connectivity index (χ1) is 23.9. The Morgan fingerprint density at radius 2 is 1.72 bits per heavy atom. The molecule has 7 nitrogen and oxygen atoms in total. The number of benzene rings is 1. The van der Waals surface area contributed by atoms with Crippen LogP contribution in [0, 0.1) is 51.8 Å². The standard InChI is InChI=1S/C38H53NO6.C3H6.C2H6/c1-23-12-18-38(21-44-33(42)11-7-25-6-9-30(43-5)31(20-25)45-22-40)19-14-27-26(34(38)24(23)2)8-10-32-36(27,3)16-13-28-35(39)29(41)15-17-37(28,32)4;1-3-2;1-2/h6-9,11,20,22-24,27-29,32,34-35,41H,10,12-19,21,39H2,1-5H3;3H,1H2,2H3;1-2H3/b11-7+;;/t23-,24?,27?,28?,29?,32?,34?,35?,36?,37?,38?;;/m1../s1. The highest BCUT2D eigenvalue weighted by Crippen LogP contribution is 2.70. The van der Waals surface area contributed by atoms with Crippen LogP contribution in [0.25, 0.3) is 6.08 Å². The average Bonchev–Trinajstić information content (AvgIpc) is 3.11. The van der Waals surface area contributed by atoms with Gasteiger partial charge >= 0.3 is 5.97 Å². The molecule has 0 spiro atoms. The Bertz CT molecular complexity index is 1400. The van der Waals surface area contributed by atoms with E-state index in [0.717, 1.165) is 51.4 Å². The van der Waals surface area contributed by atoms with Crippen LogP contribution in [0.5, 0.6) is 11.5 Å². The van der Waals surface area contributed by atoms with Crippen LogP contribution < -0.4 is 15.2 Å². The van der Waals surface area contributed by atoms with E-state index < -0.39 is 0 Å². The summed E-state index contributed by atoms with van der Waals surface area (Å²) in [6.07, 6.45) is 16.9. The predicted octanol–water partition coefficient (Wildman–Crippen LogP) is 8.93. The molecule has 0 aliphatic heterocycles. The quantitative estimate of drug-likeness (QED) is 0.127. The number of hydrogen-bond donors (Lipinski definition) is 2. The van der Waals surface area contributed by atoms with Gasteiger partial charge in [0.2, 0.25) is 0 Å². The molecule has 7 heteroatoms. The maximum Gasteiger partial charge on any atom is 0.330 e. The fraction of sp³-hybridized carbons (Fsp3) is 0.674. The minimum absolute atomic E-state index is 0.0373. The van der Waals surface area contributed by atoms with E-state index >= 15 is 0 Å². The number of allylic oxidation sites excluding steroid dienone is 3. The molecule has 10 unspecified atom stereocenters. The first-order valence-corrected chi connectivity index (χ1v) is 19.2. The van der Waals surface area contributed by atoms with E-state index in [1.807, 2.05) is 20.8 Å². The molecule has 5 aliphatic rings. The zero-order valence-corrected chi connectivity index (χ0v) is 32.1. The molecule has 1 aromatic carbocycles. The SMILES string of the molecule is C=CC.CC.COc1ccc(/C=C/C(=O)OCC23CCC4C(=CCC5C4(C)CCC4C(N)C(O)CCC45C)C2C(C)[C@H](C)CC3)cc1OC=O. The summed E-state index contributed by atoms with van der Waals surface area (Å²) in [5.74, 6) is 3.50. The van der Waals surface area contributed by atoms with Crippen molar-refractivity contribution in [1.82, 2.24) is 0 Å². The molecule has 0 radical (unpaired) electrons. The summed E-state index contributed by atoms with van der Waals surface area (Å²) in [4.78, 5) is 24.0. The van der Waals surface area contributed by atoms with Gasteiger partial charge in [0.25, 0.3) is 6.47 Å². The van der Waals surface area contributed by atoms with Crippen LogP contribution in [0.2, 0.25) is 0 Å². The number of aliphatic hydroxyl groups excluding tert-OH is 1. The van der Waals surface area contributed by atoms with Crippen LogP contribution in [-0.4, -0.2) is 43.4 Å². The highest BCUT2D eigenvalue weighted by Gasteiger charge is 2.63. The number of rotatable bonds is 7. The Balaban J connectivity index is 0.00000107. The highest BCUT2D eigenvalue weighted by molar-refractivity contribution is 5.87. The lowest BCUT2D eigenvalue weighted by Gasteiger charge is -2.67. The van der Waals surface area contributed by atoms with Gasteiger partial charge in [-0.15, -0.1) is 6.58 Å². The zero-order valence-electron chi connectivity index (χ0n) is 32.1. The Morgan fingerprint density at radius 3 is 2.40 bits per heavy atom. The lowest BCUT2D eigenvalue weighted by atomic mass is 9.38. The summed E-state index contributed by atoms with van der Waals surface area (Å²) < 4.78 is 16.4. The Labute approximate surface area is 302 Å². The van der Waals surface area contributed by atoms with Crippen molar-refractivity contribution in [3.63, 3.8) is 0 Å². The average molecular weight is 692 g/mol. The van der Waals surface area contributed by atoms with Gasteiger partial charge in [-0.05, 0) is 135 Å². The summed E-state index contributed by atoms with van der Waals surface area (Å²) in [6.45, 7) is 20.0. The Kier molecular flexibility index (Phi) is 13.3. The van der Waals surface area contributed by atoms with Gasteiger partial charge in [0.1, 0.15) is 0 Å². The van der Waals surface area contributed by atoms with Gasteiger partial charge < -0.3 is 25.1 Å². The lowest BCUT2D eigenvalue weighted by molar-refractivity contribution is -0.157. The van der Waals surface area contributed by atoms with Crippen molar-refractivity contribution in [2.75, 3.05) is 13.7 Å². The maximum atomic E-state index is 13.1. The zero-order chi connectivity index (χ0) is 36.9. The number of ether oxygens (including phenoxy) is 3. The van der Waals surface area contributed by atoms with E-state index in [4.69, 9.17) is 19.9 Å². The van der Waals surface area contributed by atoms with Crippen molar-refractivity contribution in [2.45, 2.75) is 118 Å². The normalized spacial score (nSPS) is 38.5. The summed E-state index contributed by atoms with van der Waals surface area (Å²) in [5, 5.41) is 10.6. The number of methoxy groups -OCH3 is 1. The number of carbonyl (C=O) groups excluding carboxylic acids is 2. The summed E-state index contributed by atoms with van der Waals surface area (Å²) in [7, 11) is 1.51. The van der Waals surface area contributed by atoms with Gasteiger partial charge in [0, 0.05) is 17.5 Å². The molecule has 4 fully saturated rings. The molecule has 3 N–H and O–H groups in total. The van der Waals surface area contributed by atoms with E-state index in [1.165, 1.54) is 19.6 Å². The van der Waals surface area contributed by atoms with Crippen LogP contribution in [0.4, 0.5) is 0 Å². The third-order valence-corrected chi connectivity index (χ3v) is 13.9. The predicted molar refractivity (Wildman–Crippen MR) is 201 cm³/mol. The van der Waals surface area contributed by atoms with Gasteiger partial charge in [0.15, 0.2) is 11.5 Å². The molecule has 11 atom stereocenters. The number of aliphatic hydroxyl groups is 1. The second kappa shape index (κ2) is 16.6. The molecule has 0 heterocycles. The van der Waals surface area contributed by atoms with Crippen molar-refractivity contribution in [3.8, 4) is 11.5 Å². The van der Waals surface area contributed by atoms with E-state index in [-0.39, 0.29) is 34.4 Å². The molecule has 0 saturated heterocycles. The summed E-state index contributed by atoms with van der Waals surface area (Å²) in [5.41, 5.74) is 9.38. The maximum absolute atomic E-state index is 13.1. The molecule has 0 aromatic heterocycles. The monoisotopic (exact) mass is 691 g/mol. The smallest absolute Gasteiger partial charge is 0.330 e. The first-order valence-electron chi connectivity index (χ1n) is 19.2. The largest absolute Gasteiger partial charge is 0.493 e. The number of nitrogens with two attached hydrogens (primary N) is 1. The third-order valence-electron chi connectivity index (χ3n) is 13.9. The van der Waals surface area contributed by atoms with Crippen LogP contribution in [-0.2, 0) is 14.3 Å². The molecule has 50 heavy (non-hydrogen) atoms. The van der Waals surface area contributed by atoms with E-state index in [0.29, 0.717) is 65.6 Å². The van der Waals surface area contributed by atoms with Crippen LogP contribution in [0.1, 0.15) is 112 Å². The third kappa shape index (κ3) is 7.37. The number of hydrogen-bond acceptors (Lipinski definition) is 7. The minimum Gasteiger partial charge on any atom is -0.493 e.